The fourth-order valence-corrected chi connectivity index (χ4v) is 2.66. The van der Waals surface area contributed by atoms with Crippen LogP contribution < -0.4 is 15.5 Å². The number of carbonyl (C=O) groups is 2. The molecule has 0 saturated carbocycles. The lowest BCUT2D eigenvalue weighted by atomic mass is 10.0. The van der Waals surface area contributed by atoms with Crippen LogP contribution in [0.25, 0.3) is 0 Å². The molecule has 1 aliphatic rings. The van der Waals surface area contributed by atoms with E-state index in [9.17, 15) is 14.7 Å². The van der Waals surface area contributed by atoms with Crippen molar-refractivity contribution in [1.29, 1.82) is 0 Å². The number of benzene rings is 1. The summed E-state index contributed by atoms with van der Waals surface area (Å²) in [4.78, 5) is 30.0. The van der Waals surface area contributed by atoms with Gasteiger partial charge in [0, 0.05) is 13.1 Å². The molecule has 0 atom stereocenters. The largest absolute Gasteiger partial charge is 0.507 e. The van der Waals surface area contributed by atoms with Crippen LogP contribution in [0.1, 0.15) is 21.5 Å². The van der Waals surface area contributed by atoms with Crippen LogP contribution in [0.15, 0.2) is 30.5 Å². The molecule has 1 aromatic heterocycles. The highest BCUT2D eigenvalue weighted by Crippen LogP contribution is 2.25. The Labute approximate surface area is 145 Å². The molecule has 2 heterocycles. The van der Waals surface area contributed by atoms with Crippen LogP contribution in [0.2, 0.25) is 0 Å². The third-order valence-electron chi connectivity index (χ3n) is 4.31. The Kier molecular flexibility index (Phi) is 4.56. The van der Waals surface area contributed by atoms with Crippen molar-refractivity contribution in [2.45, 2.75) is 13.8 Å². The van der Waals surface area contributed by atoms with E-state index in [2.05, 4.69) is 15.6 Å². The Morgan fingerprint density at radius 1 is 1.28 bits per heavy atom. The molecule has 0 unspecified atom stereocenters. The first kappa shape index (κ1) is 16.8. The lowest BCUT2D eigenvalue weighted by Gasteiger charge is -2.27. The Morgan fingerprint density at radius 3 is 2.76 bits per heavy atom. The van der Waals surface area contributed by atoms with Gasteiger partial charge in [-0.3, -0.25) is 9.59 Å². The van der Waals surface area contributed by atoms with Gasteiger partial charge in [0.1, 0.15) is 11.6 Å². The Bertz CT molecular complexity index is 818. The molecule has 1 aliphatic heterocycles. The monoisotopic (exact) mass is 340 g/mol. The molecule has 2 amide bonds. The van der Waals surface area contributed by atoms with E-state index < -0.39 is 5.91 Å². The standard InChI is InChI=1S/C18H20N4O3/c1-11-3-5-14(17(24)12(11)2)18(25)21-13-4-6-15(20-9-13)22-8-7-19-16(23)10-22/h3-6,9,24H,7-8,10H2,1-2H3,(H,19,23)(H,21,25). The van der Waals surface area contributed by atoms with Crippen LogP contribution in [0.5, 0.6) is 5.75 Å². The van der Waals surface area contributed by atoms with Crippen molar-refractivity contribution in [2.24, 2.45) is 0 Å². The van der Waals surface area contributed by atoms with E-state index in [-0.39, 0.29) is 23.8 Å². The molecule has 0 bridgehead atoms. The third-order valence-corrected chi connectivity index (χ3v) is 4.31. The van der Waals surface area contributed by atoms with Crippen LogP contribution in [0.3, 0.4) is 0 Å². The lowest BCUT2D eigenvalue weighted by Crippen LogP contribution is -2.48. The molecule has 130 valence electrons. The van der Waals surface area contributed by atoms with Gasteiger partial charge in [-0.1, -0.05) is 6.07 Å². The number of aromatic nitrogens is 1. The summed E-state index contributed by atoms with van der Waals surface area (Å²) in [6, 6.07) is 6.88. The zero-order valence-electron chi connectivity index (χ0n) is 14.2. The molecular formula is C18H20N4O3. The highest BCUT2D eigenvalue weighted by Gasteiger charge is 2.18. The van der Waals surface area contributed by atoms with Gasteiger partial charge >= 0.3 is 0 Å². The summed E-state index contributed by atoms with van der Waals surface area (Å²) >= 11 is 0. The maximum atomic E-state index is 12.4. The van der Waals surface area contributed by atoms with Gasteiger partial charge in [-0.25, -0.2) is 4.98 Å². The number of anilines is 2. The van der Waals surface area contributed by atoms with Crippen LogP contribution in [-0.4, -0.2) is 41.5 Å². The minimum Gasteiger partial charge on any atom is -0.507 e. The van der Waals surface area contributed by atoms with E-state index >= 15 is 0 Å². The maximum absolute atomic E-state index is 12.4. The van der Waals surface area contributed by atoms with Crippen LogP contribution in [-0.2, 0) is 4.79 Å². The van der Waals surface area contributed by atoms with E-state index in [4.69, 9.17) is 0 Å². The number of piperazine rings is 1. The number of nitrogens with zero attached hydrogens (tertiary/aromatic N) is 2. The number of aromatic hydroxyl groups is 1. The van der Waals surface area contributed by atoms with Crippen molar-refractivity contribution in [3.63, 3.8) is 0 Å². The number of hydrogen-bond donors (Lipinski definition) is 3. The number of nitrogens with one attached hydrogen (secondary N) is 2. The highest BCUT2D eigenvalue weighted by molar-refractivity contribution is 6.06. The summed E-state index contributed by atoms with van der Waals surface area (Å²) in [5.41, 5.74) is 2.35. The lowest BCUT2D eigenvalue weighted by molar-refractivity contribution is -0.120. The SMILES string of the molecule is Cc1ccc(C(=O)Nc2ccc(N3CCNC(=O)C3)nc2)c(O)c1C. The van der Waals surface area contributed by atoms with Gasteiger partial charge in [-0.05, 0) is 43.2 Å². The number of rotatable bonds is 3. The average Bonchev–Trinajstić information content (AvgIpc) is 2.60. The predicted octanol–water partition coefficient (Wildman–Crippen LogP) is 1.59. The van der Waals surface area contributed by atoms with E-state index in [0.717, 1.165) is 5.56 Å². The number of aryl methyl sites for hydroxylation is 1. The second-order valence-electron chi connectivity index (χ2n) is 6.03. The van der Waals surface area contributed by atoms with Gasteiger partial charge in [-0.15, -0.1) is 0 Å². The number of amides is 2. The highest BCUT2D eigenvalue weighted by atomic mass is 16.3. The Balaban J connectivity index is 1.72. The molecule has 1 aromatic carbocycles. The van der Waals surface area contributed by atoms with Crippen molar-refractivity contribution in [3.05, 3.63) is 47.2 Å². The maximum Gasteiger partial charge on any atom is 0.259 e. The minimum absolute atomic E-state index is 0.0126. The molecule has 3 rings (SSSR count). The van der Waals surface area contributed by atoms with Crippen molar-refractivity contribution in [1.82, 2.24) is 10.3 Å². The first-order chi connectivity index (χ1) is 12.0. The summed E-state index contributed by atoms with van der Waals surface area (Å²) in [5.74, 6) is 0.242. The number of hydrogen-bond acceptors (Lipinski definition) is 5. The van der Waals surface area contributed by atoms with E-state index in [1.54, 1.807) is 31.2 Å². The zero-order chi connectivity index (χ0) is 18.0. The first-order valence-corrected chi connectivity index (χ1v) is 8.04. The van der Waals surface area contributed by atoms with E-state index in [0.29, 0.717) is 30.2 Å². The molecule has 0 spiro atoms. The summed E-state index contributed by atoms with van der Waals surface area (Å²) in [7, 11) is 0. The second-order valence-corrected chi connectivity index (χ2v) is 6.03. The molecule has 2 aromatic rings. The molecule has 0 radical (unpaired) electrons. The number of pyridine rings is 1. The second kappa shape index (κ2) is 6.80. The molecule has 7 nitrogen and oxygen atoms in total. The van der Waals surface area contributed by atoms with E-state index in [1.807, 2.05) is 11.8 Å². The fraction of sp³-hybridized carbons (Fsp3) is 0.278. The van der Waals surface area contributed by atoms with Crippen molar-refractivity contribution in [3.8, 4) is 5.75 Å². The fourth-order valence-electron chi connectivity index (χ4n) is 2.66. The molecule has 0 aliphatic carbocycles. The normalized spacial score (nSPS) is 14.2. The summed E-state index contributed by atoms with van der Waals surface area (Å²) in [6.07, 6.45) is 1.54. The summed E-state index contributed by atoms with van der Waals surface area (Å²) in [6.45, 7) is 5.20. The quantitative estimate of drug-likeness (QED) is 0.789. The summed E-state index contributed by atoms with van der Waals surface area (Å²) < 4.78 is 0. The first-order valence-electron chi connectivity index (χ1n) is 8.04. The molecule has 25 heavy (non-hydrogen) atoms. The van der Waals surface area contributed by atoms with Crippen LogP contribution >= 0.6 is 0 Å². The molecule has 3 N–H and O–H groups in total. The van der Waals surface area contributed by atoms with Crippen LogP contribution in [0.4, 0.5) is 11.5 Å². The van der Waals surface area contributed by atoms with Crippen molar-refractivity contribution in [2.75, 3.05) is 29.9 Å². The van der Waals surface area contributed by atoms with Gasteiger partial charge in [0.15, 0.2) is 0 Å². The van der Waals surface area contributed by atoms with Gasteiger partial charge in [-0.2, -0.15) is 0 Å². The van der Waals surface area contributed by atoms with Crippen molar-refractivity contribution >= 4 is 23.3 Å². The smallest absolute Gasteiger partial charge is 0.259 e. The number of carbonyl (C=O) groups excluding carboxylic acids is 2. The van der Waals surface area contributed by atoms with Gasteiger partial charge < -0.3 is 20.6 Å². The van der Waals surface area contributed by atoms with Gasteiger partial charge in [0.2, 0.25) is 5.91 Å². The molecular weight excluding hydrogens is 320 g/mol. The number of phenols is 1. The minimum atomic E-state index is -0.396. The van der Waals surface area contributed by atoms with Crippen LogP contribution in [0, 0.1) is 13.8 Å². The Morgan fingerprint density at radius 2 is 2.08 bits per heavy atom. The molecule has 1 saturated heterocycles. The van der Waals surface area contributed by atoms with Gasteiger partial charge in [0.25, 0.3) is 5.91 Å². The Hall–Kier alpha value is -3.09. The number of phenolic OH excluding ortho intramolecular Hbond substituents is 1. The topological polar surface area (TPSA) is 94.6 Å². The molecule has 1 fully saturated rings. The van der Waals surface area contributed by atoms with Gasteiger partial charge in [0.05, 0.1) is 24.0 Å². The van der Waals surface area contributed by atoms with E-state index in [1.165, 1.54) is 6.20 Å². The zero-order valence-corrected chi connectivity index (χ0v) is 14.2. The summed E-state index contributed by atoms with van der Waals surface area (Å²) in [5, 5.41) is 15.6. The van der Waals surface area contributed by atoms with Crippen molar-refractivity contribution < 1.29 is 14.7 Å². The predicted molar refractivity (Wildman–Crippen MR) is 95.0 cm³/mol. The molecule has 7 heteroatoms. The average molecular weight is 340 g/mol. The third kappa shape index (κ3) is 3.55.